The quantitative estimate of drug-likeness (QED) is 0.350. The van der Waals surface area contributed by atoms with Gasteiger partial charge in [-0.1, -0.05) is 77.1 Å². The maximum Gasteiger partial charge on any atom is 0.343 e. The Morgan fingerprint density at radius 3 is 1.68 bits per heavy atom. The Bertz CT molecular complexity index is 1060. The van der Waals surface area contributed by atoms with Gasteiger partial charge in [0, 0.05) is 5.56 Å². The van der Waals surface area contributed by atoms with Crippen molar-refractivity contribution in [3.8, 4) is 11.5 Å². The Morgan fingerprint density at radius 1 is 0.742 bits per heavy atom. The van der Waals surface area contributed by atoms with Crippen molar-refractivity contribution in [1.82, 2.24) is 0 Å². The summed E-state index contributed by atoms with van der Waals surface area (Å²) in [6.07, 6.45) is 0. The molecule has 3 aromatic carbocycles. The molecule has 0 N–H and O–H groups in total. The van der Waals surface area contributed by atoms with Gasteiger partial charge in [0.1, 0.15) is 0 Å². The third-order valence-electron chi connectivity index (χ3n) is 4.99. The summed E-state index contributed by atoms with van der Waals surface area (Å²) in [5.41, 5.74) is 2.48. The van der Waals surface area contributed by atoms with E-state index < -0.39 is 11.9 Å². The van der Waals surface area contributed by atoms with Crippen LogP contribution in [0.25, 0.3) is 0 Å². The molecule has 0 bridgehead atoms. The highest BCUT2D eigenvalue weighted by Gasteiger charge is 2.25. The van der Waals surface area contributed by atoms with Crippen LogP contribution in [0.5, 0.6) is 11.5 Å². The van der Waals surface area contributed by atoms with Crippen molar-refractivity contribution in [2.75, 3.05) is 0 Å². The number of hydrogen-bond donors (Lipinski definition) is 0. The van der Waals surface area contributed by atoms with Gasteiger partial charge in [-0.15, -0.1) is 0 Å². The molecule has 0 aliphatic heterocycles. The van der Waals surface area contributed by atoms with E-state index in [0.29, 0.717) is 11.1 Å². The molecule has 4 nitrogen and oxygen atoms in total. The molecule has 0 fully saturated rings. The lowest BCUT2D eigenvalue weighted by Crippen LogP contribution is -2.17. The molecular formula is C27H28O4. The standard InChI is InChI=1S/C27H28O4/c1-18(2)22-16-21(27(3,4)5)17-23(30-25(28)19-12-8-6-9-13-19)24(22)31-26(29)20-14-10-7-11-15-20/h6-18H,1-5H3. The lowest BCUT2D eigenvalue weighted by molar-refractivity contribution is 0.0680. The molecule has 3 aromatic rings. The van der Waals surface area contributed by atoms with Gasteiger partial charge < -0.3 is 9.47 Å². The van der Waals surface area contributed by atoms with Gasteiger partial charge in [0.05, 0.1) is 11.1 Å². The highest BCUT2D eigenvalue weighted by Crippen LogP contribution is 2.41. The number of ether oxygens (including phenoxy) is 2. The fourth-order valence-corrected chi connectivity index (χ4v) is 3.13. The van der Waals surface area contributed by atoms with Gasteiger partial charge in [-0.05, 0) is 47.2 Å². The summed E-state index contributed by atoms with van der Waals surface area (Å²) in [7, 11) is 0. The molecule has 3 rings (SSSR count). The van der Waals surface area contributed by atoms with Crippen LogP contribution in [0.3, 0.4) is 0 Å². The van der Waals surface area contributed by atoms with Crippen LogP contribution in [0.1, 0.15) is 72.4 Å². The molecule has 160 valence electrons. The molecule has 0 spiro atoms. The van der Waals surface area contributed by atoms with Crippen molar-refractivity contribution < 1.29 is 19.1 Å². The zero-order chi connectivity index (χ0) is 22.6. The van der Waals surface area contributed by atoms with E-state index in [1.54, 1.807) is 54.6 Å². The van der Waals surface area contributed by atoms with Crippen LogP contribution < -0.4 is 9.47 Å². The number of esters is 2. The zero-order valence-electron chi connectivity index (χ0n) is 18.6. The molecule has 0 aromatic heterocycles. The van der Waals surface area contributed by atoms with E-state index in [1.807, 2.05) is 32.0 Å². The van der Waals surface area contributed by atoms with Gasteiger partial charge in [-0.25, -0.2) is 9.59 Å². The van der Waals surface area contributed by atoms with Crippen molar-refractivity contribution in [2.45, 2.75) is 46.0 Å². The topological polar surface area (TPSA) is 52.6 Å². The average molecular weight is 417 g/mol. The number of rotatable bonds is 5. The van der Waals surface area contributed by atoms with Gasteiger partial charge >= 0.3 is 11.9 Å². The van der Waals surface area contributed by atoms with E-state index in [4.69, 9.17) is 9.47 Å². The molecule has 0 radical (unpaired) electrons. The first kappa shape index (κ1) is 22.3. The molecular weight excluding hydrogens is 388 g/mol. The largest absolute Gasteiger partial charge is 0.419 e. The van der Waals surface area contributed by atoms with Crippen molar-refractivity contribution in [3.05, 3.63) is 95.1 Å². The van der Waals surface area contributed by atoms with Crippen molar-refractivity contribution in [3.63, 3.8) is 0 Å². The molecule has 0 atom stereocenters. The van der Waals surface area contributed by atoms with Crippen LogP contribution in [0.4, 0.5) is 0 Å². The van der Waals surface area contributed by atoms with Gasteiger partial charge in [0.2, 0.25) is 0 Å². The van der Waals surface area contributed by atoms with Crippen LogP contribution in [0.2, 0.25) is 0 Å². The second kappa shape index (κ2) is 9.17. The van der Waals surface area contributed by atoms with Crippen LogP contribution in [-0.2, 0) is 5.41 Å². The van der Waals surface area contributed by atoms with Crippen LogP contribution >= 0.6 is 0 Å². The fourth-order valence-electron chi connectivity index (χ4n) is 3.13. The second-order valence-electron chi connectivity index (χ2n) is 8.81. The predicted octanol–water partition coefficient (Wildman–Crippen LogP) is 6.55. The summed E-state index contributed by atoms with van der Waals surface area (Å²) < 4.78 is 11.6. The van der Waals surface area contributed by atoms with Crippen LogP contribution in [0.15, 0.2) is 72.8 Å². The minimum Gasteiger partial charge on any atom is -0.419 e. The van der Waals surface area contributed by atoms with Crippen molar-refractivity contribution in [1.29, 1.82) is 0 Å². The monoisotopic (exact) mass is 416 g/mol. The molecule has 0 aliphatic rings. The van der Waals surface area contributed by atoms with Crippen molar-refractivity contribution in [2.24, 2.45) is 0 Å². The highest BCUT2D eigenvalue weighted by atomic mass is 16.6. The third-order valence-corrected chi connectivity index (χ3v) is 4.99. The summed E-state index contributed by atoms with van der Waals surface area (Å²) in [6.45, 7) is 10.3. The van der Waals surface area contributed by atoms with E-state index in [9.17, 15) is 9.59 Å². The summed E-state index contributed by atoms with van der Waals surface area (Å²) in [5, 5.41) is 0. The molecule has 31 heavy (non-hydrogen) atoms. The summed E-state index contributed by atoms with van der Waals surface area (Å²) in [4.78, 5) is 25.6. The van der Waals surface area contributed by atoms with Gasteiger partial charge in [0.25, 0.3) is 0 Å². The maximum atomic E-state index is 12.8. The van der Waals surface area contributed by atoms with Crippen LogP contribution in [0, 0.1) is 0 Å². The molecule has 4 heteroatoms. The van der Waals surface area contributed by atoms with Crippen LogP contribution in [-0.4, -0.2) is 11.9 Å². The molecule has 0 heterocycles. The zero-order valence-corrected chi connectivity index (χ0v) is 18.6. The second-order valence-corrected chi connectivity index (χ2v) is 8.81. The first-order chi connectivity index (χ1) is 14.7. The highest BCUT2D eigenvalue weighted by molar-refractivity contribution is 5.93. The molecule has 0 aliphatic carbocycles. The summed E-state index contributed by atoms with van der Waals surface area (Å²) in [6, 6.07) is 21.4. The van der Waals surface area contributed by atoms with Gasteiger partial charge in [-0.3, -0.25) is 0 Å². The molecule has 0 amide bonds. The lowest BCUT2D eigenvalue weighted by atomic mass is 9.84. The average Bonchev–Trinajstić information content (AvgIpc) is 2.74. The Kier molecular flexibility index (Phi) is 6.59. The lowest BCUT2D eigenvalue weighted by Gasteiger charge is -2.24. The number of carbonyl (C=O) groups excluding carboxylic acids is 2. The first-order valence-corrected chi connectivity index (χ1v) is 10.4. The third kappa shape index (κ3) is 5.40. The van der Waals surface area contributed by atoms with E-state index >= 15 is 0 Å². The SMILES string of the molecule is CC(C)c1cc(C(C)(C)C)cc(OC(=O)c2ccccc2)c1OC(=O)c1ccccc1. The molecule has 0 saturated carbocycles. The normalized spacial score (nSPS) is 11.3. The van der Waals surface area contributed by atoms with Crippen molar-refractivity contribution >= 4 is 11.9 Å². The van der Waals surface area contributed by atoms with Gasteiger partial charge in [0.15, 0.2) is 11.5 Å². The Balaban J connectivity index is 2.09. The molecule has 0 unspecified atom stereocenters. The number of hydrogen-bond acceptors (Lipinski definition) is 4. The minimum atomic E-state index is -0.502. The Labute approximate surface area is 183 Å². The first-order valence-electron chi connectivity index (χ1n) is 10.4. The van der Waals surface area contributed by atoms with Gasteiger partial charge in [-0.2, -0.15) is 0 Å². The predicted molar refractivity (Wildman–Crippen MR) is 122 cm³/mol. The summed E-state index contributed by atoms with van der Waals surface area (Å²) in [5.74, 6) is -0.424. The number of benzene rings is 3. The van der Waals surface area contributed by atoms with E-state index in [0.717, 1.165) is 11.1 Å². The Hall–Kier alpha value is -3.40. The van der Waals surface area contributed by atoms with E-state index in [-0.39, 0.29) is 22.8 Å². The fraction of sp³-hybridized carbons (Fsp3) is 0.259. The van der Waals surface area contributed by atoms with E-state index in [2.05, 4.69) is 20.8 Å². The smallest absolute Gasteiger partial charge is 0.343 e. The maximum absolute atomic E-state index is 12.8. The molecule has 0 saturated heterocycles. The number of carbonyl (C=O) groups is 2. The Morgan fingerprint density at radius 2 is 1.23 bits per heavy atom. The van der Waals surface area contributed by atoms with E-state index in [1.165, 1.54) is 0 Å². The minimum absolute atomic E-state index is 0.0510. The summed E-state index contributed by atoms with van der Waals surface area (Å²) >= 11 is 0.